The van der Waals surface area contributed by atoms with Gasteiger partial charge in [0, 0.05) is 12.3 Å². The number of hydrogen-bond donors (Lipinski definition) is 1. The zero-order chi connectivity index (χ0) is 28.7. The van der Waals surface area contributed by atoms with Crippen LogP contribution in [0.4, 0.5) is 69.7 Å². The topological polar surface area (TPSA) is 111 Å². The van der Waals surface area contributed by atoms with Crippen molar-refractivity contribution in [3.63, 3.8) is 0 Å². The van der Waals surface area contributed by atoms with Crippen LogP contribution in [0, 0.1) is 26.1 Å². The summed E-state index contributed by atoms with van der Waals surface area (Å²) in [4.78, 5) is 19.2. The zero-order valence-electron chi connectivity index (χ0n) is 16.8. The summed E-state index contributed by atoms with van der Waals surface area (Å²) < 4.78 is 161. The Labute approximate surface area is 195 Å². The standard InChI is InChI=1S/C15H9ClF12N4O4/c1-6(5-29-30-8-3-2-7(31(33)34)4-9(8)32(35)36)10(17,18)11(19,20)12(21,22)13(23,24)14(25,26)15(16,27)28/h2-6,30H,1H3/b29-5-/t6-/m0/s1. The van der Waals surface area contributed by atoms with Crippen molar-refractivity contribution in [1.29, 1.82) is 0 Å². The smallest absolute Gasteiger partial charge is 0.272 e. The van der Waals surface area contributed by atoms with Crippen LogP contribution in [0.5, 0.6) is 0 Å². The lowest BCUT2D eigenvalue weighted by Crippen LogP contribution is -2.70. The largest absolute Gasteiger partial charge is 0.393 e. The van der Waals surface area contributed by atoms with Crippen LogP contribution in [0.3, 0.4) is 0 Å². The molecule has 0 radical (unpaired) electrons. The van der Waals surface area contributed by atoms with Gasteiger partial charge in [0.25, 0.3) is 5.69 Å². The first kappa shape index (κ1) is 31.0. The van der Waals surface area contributed by atoms with E-state index in [-0.39, 0.29) is 13.1 Å². The molecule has 0 aromatic heterocycles. The highest BCUT2D eigenvalue weighted by atomic mass is 35.5. The maximum absolute atomic E-state index is 14.0. The lowest BCUT2D eigenvalue weighted by molar-refractivity contribution is -0.419. The van der Waals surface area contributed by atoms with Gasteiger partial charge in [0.2, 0.25) is 0 Å². The molecule has 36 heavy (non-hydrogen) atoms. The first-order valence-electron chi connectivity index (χ1n) is 8.55. The van der Waals surface area contributed by atoms with Crippen molar-refractivity contribution in [2.75, 3.05) is 5.43 Å². The molecular formula is C15H9ClF12N4O4. The molecule has 1 atom stereocenters. The fourth-order valence-electron chi connectivity index (χ4n) is 2.26. The number of rotatable bonds is 11. The third-order valence-corrected chi connectivity index (χ3v) is 4.64. The van der Waals surface area contributed by atoms with Crippen molar-refractivity contribution in [3.8, 4) is 0 Å². The van der Waals surface area contributed by atoms with E-state index in [0.29, 0.717) is 18.2 Å². The number of nitrogens with zero attached hydrogens (tertiary/aromatic N) is 3. The van der Waals surface area contributed by atoms with Gasteiger partial charge in [0.05, 0.1) is 21.8 Å². The summed E-state index contributed by atoms with van der Waals surface area (Å²) in [5.41, 5.74) is -1.15. The molecule has 0 heterocycles. The fourth-order valence-corrected chi connectivity index (χ4v) is 2.38. The van der Waals surface area contributed by atoms with E-state index < -0.39 is 67.8 Å². The lowest BCUT2D eigenvalue weighted by atomic mass is 9.89. The van der Waals surface area contributed by atoms with Crippen molar-refractivity contribution in [2.45, 2.75) is 41.9 Å². The van der Waals surface area contributed by atoms with Crippen LogP contribution in [-0.4, -0.2) is 51.1 Å². The molecule has 0 aliphatic rings. The van der Waals surface area contributed by atoms with E-state index in [4.69, 9.17) is 0 Å². The minimum Gasteiger partial charge on any atom is -0.272 e. The average Bonchev–Trinajstić information content (AvgIpc) is 2.71. The highest BCUT2D eigenvalue weighted by Gasteiger charge is 2.90. The number of nitro groups is 2. The van der Waals surface area contributed by atoms with Gasteiger partial charge in [0.15, 0.2) is 0 Å². The van der Waals surface area contributed by atoms with Crippen LogP contribution < -0.4 is 5.43 Å². The van der Waals surface area contributed by atoms with Crippen molar-refractivity contribution < 1.29 is 62.5 Å². The monoisotopic (exact) mass is 572 g/mol. The molecule has 1 rings (SSSR count). The van der Waals surface area contributed by atoms with Crippen LogP contribution in [0.25, 0.3) is 0 Å². The summed E-state index contributed by atoms with van der Waals surface area (Å²) in [6, 6.07) is 1.57. The molecule has 204 valence electrons. The molecule has 21 heteroatoms. The first-order chi connectivity index (χ1) is 15.9. The van der Waals surface area contributed by atoms with E-state index >= 15 is 0 Å². The second-order valence-corrected chi connectivity index (χ2v) is 7.29. The van der Waals surface area contributed by atoms with E-state index in [9.17, 15) is 72.9 Å². The minimum absolute atomic E-state index is 0.0636. The highest BCUT2D eigenvalue weighted by molar-refractivity contribution is 6.22. The third-order valence-electron chi connectivity index (χ3n) is 4.40. The Hall–Kier alpha value is -3.06. The number of hydrazone groups is 1. The molecule has 8 nitrogen and oxygen atoms in total. The van der Waals surface area contributed by atoms with Crippen LogP contribution >= 0.6 is 11.6 Å². The molecule has 0 aliphatic carbocycles. The van der Waals surface area contributed by atoms with E-state index in [2.05, 4.69) is 16.7 Å². The number of hydrogen-bond acceptors (Lipinski definition) is 6. The number of alkyl halides is 13. The minimum atomic E-state index is -7.82. The molecule has 0 aliphatic heterocycles. The summed E-state index contributed by atoms with van der Waals surface area (Å²) in [5.74, 6) is -40.2. The van der Waals surface area contributed by atoms with Gasteiger partial charge in [-0.05, 0) is 17.7 Å². The summed E-state index contributed by atoms with van der Waals surface area (Å²) in [6.07, 6.45) is -0.387. The quantitative estimate of drug-likeness (QED) is 0.106. The number of non-ortho nitro benzene ring substituents is 1. The summed E-state index contributed by atoms with van der Waals surface area (Å²) in [5, 5.41) is 17.8. The molecular weight excluding hydrogens is 564 g/mol. The van der Waals surface area contributed by atoms with Crippen LogP contribution in [0.1, 0.15) is 6.92 Å². The summed E-state index contributed by atoms with van der Waals surface area (Å²) in [6.45, 7) is -0.0636. The van der Waals surface area contributed by atoms with Crippen molar-refractivity contribution in [3.05, 3.63) is 38.4 Å². The van der Waals surface area contributed by atoms with Gasteiger partial charge in [-0.15, -0.1) is 0 Å². The summed E-state index contributed by atoms with van der Waals surface area (Å²) >= 11 is 3.59. The average molecular weight is 573 g/mol. The Bertz CT molecular complexity index is 1050. The Morgan fingerprint density at radius 3 is 1.75 bits per heavy atom. The van der Waals surface area contributed by atoms with Gasteiger partial charge in [-0.1, -0.05) is 6.92 Å². The predicted molar refractivity (Wildman–Crippen MR) is 96.6 cm³/mol. The van der Waals surface area contributed by atoms with Gasteiger partial charge >= 0.3 is 40.7 Å². The molecule has 1 aromatic rings. The molecule has 0 bridgehead atoms. The number of halogens is 13. The van der Waals surface area contributed by atoms with Crippen molar-refractivity contribution in [1.82, 2.24) is 0 Å². The SMILES string of the molecule is C[C@@H](/C=N\Nc1ccc([N+](=O)[O-])cc1[N+](=O)[O-])C(F)(F)C(F)(F)C(F)(F)C(F)(F)C(F)(F)C(F)(F)Cl. The van der Waals surface area contributed by atoms with E-state index in [1.54, 1.807) is 5.43 Å². The number of nitrogens with one attached hydrogen (secondary N) is 1. The second kappa shape index (κ2) is 9.43. The predicted octanol–water partition coefficient (Wildman–Crippen LogP) is 6.54. The van der Waals surface area contributed by atoms with Crippen LogP contribution in [0.15, 0.2) is 23.3 Å². The van der Waals surface area contributed by atoms with E-state index in [1.807, 2.05) is 0 Å². The first-order valence-corrected chi connectivity index (χ1v) is 8.93. The van der Waals surface area contributed by atoms with Crippen LogP contribution in [-0.2, 0) is 0 Å². The van der Waals surface area contributed by atoms with Crippen molar-refractivity contribution >= 4 is 34.9 Å². The van der Waals surface area contributed by atoms with Crippen LogP contribution in [0.2, 0.25) is 0 Å². The number of anilines is 1. The van der Waals surface area contributed by atoms with Crippen molar-refractivity contribution in [2.24, 2.45) is 11.0 Å². The normalized spacial score (nSPS) is 15.2. The summed E-state index contributed by atoms with van der Waals surface area (Å²) in [7, 11) is 0. The van der Waals surface area contributed by atoms with E-state index in [0.717, 1.165) is 0 Å². The van der Waals surface area contributed by atoms with Gasteiger partial charge < -0.3 is 0 Å². The lowest BCUT2D eigenvalue weighted by Gasteiger charge is -2.41. The molecule has 1 aromatic carbocycles. The number of benzene rings is 1. The molecule has 0 saturated carbocycles. The Morgan fingerprint density at radius 2 is 1.33 bits per heavy atom. The maximum atomic E-state index is 14.0. The molecule has 1 N–H and O–H groups in total. The van der Waals surface area contributed by atoms with Gasteiger partial charge in [0.1, 0.15) is 5.69 Å². The highest BCUT2D eigenvalue weighted by Crippen LogP contribution is 2.61. The molecule has 0 unspecified atom stereocenters. The zero-order valence-corrected chi connectivity index (χ0v) is 17.5. The second-order valence-electron chi connectivity index (χ2n) is 6.81. The molecule has 0 amide bonds. The van der Waals surface area contributed by atoms with Gasteiger partial charge in [-0.25, -0.2) is 0 Å². The molecule has 0 saturated heterocycles. The Kier molecular flexibility index (Phi) is 8.11. The Morgan fingerprint density at radius 1 is 0.861 bits per heavy atom. The van der Waals surface area contributed by atoms with E-state index in [1.165, 1.54) is 0 Å². The van der Waals surface area contributed by atoms with Gasteiger partial charge in [-0.3, -0.25) is 25.7 Å². The maximum Gasteiger partial charge on any atom is 0.393 e. The Balaban J connectivity index is 3.33. The number of nitro benzene ring substituents is 2. The molecule has 0 spiro atoms. The third kappa shape index (κ3) is 4.94. The fraction of sp³-hybridized carbons (Fsp3) is 0.533. The molecule has 0 fully saturated rings. The van der Waals surface area contributed by atoms with Gasteiger partial charge in [-0.2, -0.15) is 57.8 Å².